The topological polar surface area (TPSA) is 113 Å². The fourth-order valence-electron chi connectivity index (χ4n) is 4.36. The van der Waals surface area contributed by atoms with E-state index in [0.29, 0.717) is 29.4 Å². The van der Waals surface area contributed by atoms with Gasteiger partial charge in [-0.1, -0.05) is 29.3 Å². The van der Waals surface area contributed by atoms with Crippen molar-refractivity contribution >= 4 is 51.0 Å². The number of sulfonamides is 1. The molecule has 5 rings (SSSR count). The van der Waals surface area contributed by atoms with Crippen molar-refractivity contribution in [3.63, 3.8) is 0 Å². The summed E-state index contributed by atoms with van der Waals surface area (Å²) in [5.74, 6) is -0.258. The first-order valence-corrected chi connectivity index (χ1v) is 16.1. The summed E-state index contributed by atoms with van der Waals surface area (Å²) in [6, 6.07) is 4.24. The molecule has 16 heteroatoms. The molecule has 0 bridgehead atoms. The van der Waals surface area contributed by atoms with E-state index < -0.39 is 34.1 Å². The minimum atomic E-state index is -4.12. The number of benzene rings is 1. The number of carbonyl (C=O) groups is 1. The number of hydrogen-bond donors (Lipinski definition) is 0. The molecule has 2 atom stereocenters. The molecule has 1 aromatic carbocycles. The van der Waals surface area contributed by atoms with E-state index in [-0.39, 0.29) is 39.7 Å². The van der Waals surface area contributed by atoms with Gasteiger partial charge in [0.25, 0.3) is 10.0 Å². The predicted molar refractivity (Wildman–Crippen MR) is 151 cm³/mol. The molecule has 10 nitrogen and oxygen atoms in total. The van der Waals surface area contributed by atoms with Crippen LogP contribution in [0.4, 0.5) is 8.78 Å². The number of aryl methyl sites for hydroxylation is 1. The van der Waals surface area contributed by atoms with Crippen molar-refractivity contribution in [2.45, 2.75) is 42.5 Å². The predicted octanol–water partition coefficient (Wildman–Crippen LogP) is 5.10. The zero-order valence-electron chi connectivity index (χ0n) is 22.2. The first kappa shape index (κ1) is 30.8. The van der Waals surface area contributed by atoms with Crippen molar-refractivity contribution < 1.29 is 36.2 Å². The summed E-state index contributed by atoms with van der Waals surface area (Å²) < 4.78 is 71.7. The largest absolute Gasteiger partial charge is 0.489 e. The van der Waals surface area contributed by atoms with Gasteiger partial charge in [-0.3, -0.25) is 4.98 Å². The smallest absolute Gasteiger partial charge is 0.387 e. The Morgan fingerprint density at radius 2 is 1.93 bits per heavy atom. The number of esters is 1. The maximum absolute atomic E-state index is 13.6. The molecule has 3 heterocycles. The van der Waals surface area contributed by atoms with E-state index in [9.17, 15) is 22.0 Å². The van der Waals surface area contributed by atoms with Gasteiger partial charge in [-0.15, -0.1) is 11.8 Å². The normalized spacial score (nSPS) is 18.3. The molecule has 0 amide bonds. The number of ether oxygens (including phenoxy) is 3. The molecule has 226 valence electrons. The quantitative estimate of drug-likeness (QED) is 0.244. The number of aromatic nitrogens is 3. The monoisotopic (exact) mass is 662 g/mol. The molecule has 2 aliphatic rings. The van der Waals surface area contributed by atoms with Crippen LogP contribution in [-0.2, 0) is 33.0 Å². The highest BCUT2D eigenvalue weighted by atomic mass is 35.5. The van der Waals surface area contributed by atoms with Gasteiger partial charge in [-0.05, 0) is 42.0 Å². The van der Waals surface area contributed by atoms with E-state index in [0.717, 1.165) is 28.9 Å². The zero-order valence-corrected chi connectivity index (χ0v) is 25.3. The van der Waals surface area contributed by atoms with Gasteiger partial charge in [0.15, 0.2) is 16.9 Å². The minimum absolute atomic E-state index is 0.0213. The lowest BCUT2D eigenvalue weighted by Crippen LogP contribution is -2.41. The van der Waals surface area contributed by atoms with Crippen LogP contribution in [0.5, 0.6) is 11.5 Å². The Morgan fingerprint density at radius 3 is 2.57 bits per heavy atom. The zero-order chi connectivity index (χ0) is 30.0. The van der Waals surface area contributed by atoms with Gasteiger partial charge >= 0.3 is 12.6 Å². The van der Waals surface area contributed by atoms with Gasteiger partial charge in [-0.25, -0.2) is 18.2 Å². The first-order chi connectivity index (χ1) is 20.0. The number of hydrogen-bond acceptors (Lipinski definition) is 9. The highest BCUT2D eigenvalue weighted by Crippen LogP contribution is 2.39. The molecule has 0 N–H and O–H groups in total. The van der Waals surface area contributed by atoms with Crippen LogP contribution >= 0.6 is 35.0 Å². The van der Waals surface area contributed by atoms with Gasteiger partial charge in [0, 0.05) is 50.6 Å². The molecule has 1 aliphatic heterocycles. The van der Waals surface area contributed by atoms with E-state index in [1.54, 1.807) is 7.05 Å². The highest BCUT2D eigenvalue weighted by molar-refractivity contribution is 8.02. The maximum Gasteiger partial charge on any atom is 0.387 e. The molecule has 1 unspecified atom stereocenters. The van der Waals surface area contributed by atoms with Crippen LogP contribution in [0.15, 0.2) is 48.1 Å². The van der Waals surface area contributed by atoms with Gasteiger partial charge in [0.05, 0.1) is 16.7 Å². The van der Waals surface area contributed by atoms with E-state index in [4.69, 9.17) is 32.7 Å². The van der Waals surface area contributed by atoms with Gasteiger partial charge in [0.1, 0.15) is 6.10 Å². The first-order valence-electron chi connectivity index (χ1n) is 12.8. The lowest BCUT2D eigenvalue weighted by atomic mass is 10.0. The molecule has 1 saturated heterocycles. The minimum Gasteiger partial charge on any atom is -0.489 e. The summed E-state index contributed by atoms with van der Waals surface area (Å²) in [6.07, 6.45) is 6.49. The molecule has 0 radical (unpaired) electrons. The van der Waals surface area contributed by atoms with E-state index >= 15 is 0 Å². The number of rotatable bonds is 12. The van der Waals surface area contributed by atoms with Crippen molar-refractivity contribution in [1.29, 1.82) is 0 Å². The maximum atomic E-state index is 13.6. The number of imidazole rings is 1. The number of pyridine rings is 1. The van der Waals surface area contributed by atoms with Crippen molar-refractivity contribution in [1.82, 2.24) is 18.8 Å². The molecule has 0 spiro atoms. The van der Waals surface area contributed by atoms with Crippen LogP contribution in [0, 0.1) is 5.92 Å². The summed E-state index contributed by atoms with van der Waals surface area (Å²) in [5, 5.41) is -0.951. The standard InChI is InChI=1S/C26H26Cl2F2N4O6S2/c1-33-7-6-32-26(33)42(36,37)34-8-9-41-23(34)24(35)39-21(11-17-18(27)12-31-13-19(17)28)16-4-5-20(40-25(29)30)22(10-16)38-14-15-2-3-15/h4-7,10,12-13,15,21,23,25H,2-3,8-9,11,14H2,1H3/t21?,23-/m0/s1. The number of nitrogens with zero attached hydrogens (tertiary/aromatic N) is 4. The molecular weight excluding hydrogens is 637 g/mol. The lowest BCUT2D eigenvalue weighted by Gasteiger charge is -2.25. The van der Waals surface area contributed by atoms with Crippen LogP contribution in [0.2, 0.25) is 10.0 Å². The third-order valence-electron chi connectivity index (χ3n) is 6.69. The van der Waals surface area contributed by atoms with E-state index in [2.05, 4.69) is 14.7 Å². The number of alkyl halides is 2. The average molecular weight is 664 g/mol. The molecule has 42 heavy (non-hydrogen) atoms. The molecule has 1 aliphatic carbocycles. The highest BCUT2D eigenvalue weighted by Gasteiger charge is 2.43. The van der Waals surface area contributed by atoms with Crippen LogP contribution in [-0.4, -0.2) is 64.1 Å². The van der Waals surface area contributed by atoms with Gasteiger partial charge < -0.3 is 18.8 Å². The lowest BCUT2D eigenvalue weighted by molar-refractivity contribution is -0.150. The fourth-order valence-corrected chi connectivity index (χ4v) is 8.00. The summed E-state index contributed by atoms with van der Waals surface area (Å²) in [5.41, 5.74) is 0.803. The van der Waals surface area contributed by atoms with E-state index in [1.807, 2.05) is 0 Å². The summed E-state index contributed by atoms with van der Waals surface area (Å²) in [6.45, 7) is -2.69. The molecule has 1 saturated carbocycles. The van der Waals surface area contributed by atoms with Crippen LogP contribution < -0.4 is 9.47 Å². The molecular formula is C26H26Cl2F2N4O6S2. The summed E-state index contributed by atoms with van der Waals surface area (Å²) in [7, 11) is -2.58. The van der Waals surface area contributed by atoms with Crippen molar-refractivity contribution in [2.24, 2.45) is 13.0 Å². The number of thioether (sulfide) groups is 1. The second-order valence-electron chi connectivity index (χ2n) is 9.71. The van der Waals surface area contributed by atoms with Crippen molar-refractivity contribution in [3.05, 3.63) is 64.2 Å². The Hall–Kier alpha value is -2.65. The number of carbonyl (C=O) groups excluding carboxylic acids is 1. The van der Waals surface area contributed by atoms with Crippen LogP contribution in [0.1, 0.15) is 30.1 Å². The summed E-state index contributed by atoms with van der Waals surface area (Å²) >= 11 is 13.9. The Morgan fingerprint density at radius 1 is 1.19 bits per heavy atom. The second kappa shape index (κ2) is 12.9. The average Bonchev–Trinajstić information content (AvgIpc) is 3.42. The van der Waals surface area contributed by atoms with Gasteiger partial charge in [0.2, 0.25) is 5.16 Å². The Labute approximate surface area is 255 Å². The SMILES string of the molecule is Cn1ccnc1S(=O)(=O)N1CCS[C@H]1C(=O)OC(Cc1c(Cl)cncc1Cl)c1ccc(OC(F)F)c(OCC2CC2)c1. The van der Waals surface area contributed by atoms with E-state index in [1.165, 1.54) is 47.6 Å². The third-order valence-corrected chi connectivity index (χ3v) is 10.5. The van der Waals surface area contributed by atoms with Gasteiger partial charge in [-0.2, -0.15) is 13.1 Å². The fraction of sp³-hybridized carbons (Fsp3) is 0.423. The third kappa shape index (κ3) is 6.94. The Balaban J connectivity index is 1.46. The molecule has 3 aromatic rings. The van der Waals surface area contributed by atoms with Crippen molar-refractivity contribution in [3.8, 4) is 11.5 Å². The molecule has 2 aromatic heterocycles. The second-order valence-corrected chi connectivity index (χ2v) is 13.5. The van der Waals surface area contributed by atoms with Crippen molar-refractivity contribution in [2.75, 3.05) is 18.9 Å². The Kier molecular flexibility index (Phi) is 9.47. The Bertz CT molecular complexity index is 1540. The molecule has 2 fully saturated rings. The van der Waals surface area contributed by atoms with Crippen LogP contribution in [0.3, 0.4) is 0 Å². The summed E-state index contributed by atoms with van der Waals surface area (Å²) in [4.78, 5) is 21.5. The van der Waals surface area contributed by atoms with Crippen LogP contribution in [0.25, 0.3) is 0 Å². The number of halogens is 4.